The fraction of sp³-hybridized carbons (Fsp3) is 0.148. The molecular formula is C27H23ClFN3O3. The predicted molar refractivity (Wildman–Crippen MR) is 133 cm³/mol. The maximum Gasteiger partial charge on any atom is 0.322 e. The van der Waals surface area contributed by atoms with Crippen LogP contribution in [0.2, 0.25) is 5.02 Å². The number of para-hydroxylation sites is 1. The van der Waals surface area contributed by atoms with Crippen LogP contribution < -0.4 is 14.8 Å². The average Bonchev–Trinajstić information content (AvgIpc) is 3.30. The Labute approximate surface area is 207 Å². The van der Waals surface area contributed by atoms with Gasteiger partial charge in [-0.3, -0.25) is 0 Å². The van der Waals surface area contributed by atoms with Crippen molar-refractivity contribution in [1.82, 2.24) is 9.47 Å². The largest absolute Gasteiger partial charge is 0.493 e. The summed E-state index contributed by atoms with van der Waals surface area (Å²) in [4.78, 5) is 15.5. The second-order valence-corrected chi connectivity index (χ2v) is 8.54. The summed E-state index contributed by atoms with van der Waals surface area (Å²) >= 11 is 5.95. The van der Waals surface area contributed by atoms with Gasteiger partial charge in [-0.25, -0.2) is 9.18 Å². The molecule has 1 aliphatic heterocycles. The molecule has 5 rings (SSSR count). The monoisotopic (exact) mass is 491 g/mol. The fourth-order valence-electron chi connectivity index (χ4n) is 4.48. The molecule has 0 saturated heterocycles. The molecular weight excluding hydrogens is 469 g/mol. The van der Waals surface area contributed by atoms with Gasteiger partial charge in [0.2, 0.25) is 0 Å². The average molecular weight is 492 g/mol. The molecule has 0 radical (unpaired) electrons. The number of nitrogens with zero attached hydrogens (tertiary/aromatic N) is 2. The lowest BCUT2D eigenvalue weighted by Gasteiger charge is -2.31. The van der Waals surface area contributed by atoms with Gasteiger partial charge in [0.1, 0.15) is 5.82 Å². The predicted octanol–water partition coefficient (Wildman–Crippen LogP) is 6.42. The van der Waals surface area contributed by atoms with Crippen LogP contribution in [-0.2, 0) is 6.54 Å². The lowest BCUT2D eigenvalue weighted by atomic mass is 10.0. The molecule has 1 N–H and O–H groups in total. The van der Waals surface area contributed by atoms with Gasteiger partial charge < -0.3 is 24.3 Å². The molecule has 6 nitrogen and oxygen atoms in total. The molecule has 1 aliphatic rings. The minimum Gasteiger partial charge on any atom is -0.493 e. The molecule has 0 aliphatic carbocycles. The molecule has 0 fully saturated rings. The van der Waals surface area contributed by atoms with Crippen LogP contribution >= 0.6 is 11.6 Å². The Morgan fingerprint density at radius 3 is 2.57 bits per heavy atom. The van der Waals surface area contributed by atoms with Crippen LogP contribution in [0.15, 0.2) is 79.0 Å². The van der Waals surface area contributed by atoms with Crippen LogP contribution in [0.25, 0.3) is 5.69 Å². The molecule has 3 aromatic carbocycles. The number of hydrogen-bond acceptors (Lipinski definition) is 3. The van der Waals surface area contributed by atoms with Crippen molar-refractivity contribution in [2.24, 2.45) is 0 Å². The number of hydrogen-bond donors (Lipinski definition) is 1. The normalized spacial score (nSPS) is 14.5. The highest BCUT2D eigenvalue weighted by Gasteiger charge is 2.33. The molecule has 1 aromatic heterocycles. The molecule has 0 saturated carbocycles. The van der Waals surface area contributed by atoms with Crippen molar-refractivity contribution in [1.29, 1.82) is 0 Å². The van der Waals surface area contributed by atoms with E-state index in [0.29, 0.717) is 23.7 Å². The van der Waals surface area contributed by atoms with E-state index in [1.165, 1.54) is 18.2 Å². The first kappa shape index (κ1) is 22.8. The van der Waals surface area contributed by atoms with E-state index >= 15 is 0 Å². The molecule has 178 valence electrons. The van der Waals surface area contributed by atoms with Gasteiger partial charge in [0, 0.05) is 17.6 Å². The van der Waals surface area contributed by atoms with Crippen molar-refractivity contribution in [3.63, 3.8) is 0 Å². The van der Waals surface area contributed by atoms with Crippen LogP contribution in [-0.4, -0.2) is 29.7 Å². The Morgan fingerprint density at radius 2 is 1.80 bits per heavy atom. The van der Waals surface area contributed by atoms with E-state index in [0.717, 1.165) is 22.5 Å². The SMILES string of the molecule is COc1ccc([C@H]2c3cccn3-c3ccccc3CN2C(=O)Nc2ccc(F)c(Cl)c2)cc1OC. The number of aromatic nitrogens is 1. The molecule has 2 amide bonds. The molecule has 1 atom stereocenters. The highest BCUT2D eigenvalue weighted by atomic mass is 35.5. The number of urea groups is 1. The number of carbonyl (C=O) groups is 1. The summed E-state index contributed by atoms with van der Waals surface area (Å²) in [6.45, 7) is 0.345. The lowest BCUT2D eigenvalue weighted by molar-refractivity contribution is 0.194. The first-order valence-corrected chi connectivity index (χ1v) is 11.4. The molecule has 0 bridgehead atoms. The number of methoxy groups -OCH3 is 2. The number of anilines is 1. The smallest absolute Gasteiger partial charge is 0.322 e. The summed E-state index contributed by atoms with van der Waals surface area (Å²) in [7, 11) is 3.16. The summed E-state index contributed by atoms with van der Waals surface area (Å²) in [5, 5.41) is 2.82. The van der Waals surface area contributed by atoms with Crippen molar-refractivity contribution in [2.75, 3.05) is 19.5 Å². The maximum atomic E-state index is 13.7. The Kier molecular flexibility index (Phi) is 6.09. The van der Waals surface area contributed by atoms with Crippen molar-refractivity contribution < 1.29 is 18.7 Å². The highest BCUT2D eigenvalue weighted by molar-refractivity contribution is 6.31. The Morgan fingerprint density at radius 1 is 1.00 bits per heavy atom. The second-order valence-electron chi connectivity index (χ2n) is 8.14. The van der Waals surface area contributed by atoms with E-state index < -0.39 is 11.9 Å². The lowest BCUT2D eigenvalue weighted by Crippen LogP contribution is -2.38. The van der Waals surface area contributed by atoms with Gasteiger partial charge in [-0.1, -0.05) is 35.9 Å². The molecule has 2 heterocycles. The number of fused-ring (bicyclic) bond motifs is 3. The molecule has 8 heteroatoms. The summed E-state index contributed by atoms with van der Waals surface area (Å²) in [5.74, 6) is 0.616. The van der Waals surface area contributed by atoms with Gasteiger partial charge in [0.15, 0.2) is 11.5 Å². The third-order valence-corrected chi connectivity index (χ3v) is 6.41. The van der Waals surface area contributed by atoms with Gasteiger partial charge in [-0.05, 0) is 59.7 Å². The van der Waals surface area contributed by atoms with Crippen LogP contribution in [0, 0.1) is 5.82 Å². The minimum atomic E-state index is -0.547. The zero-order valence-electron chi connectivity index (χ0n) is 19.2. The quantitative estimate of drug-likeness (QED) is 0.358. The zero-order valence-corrected chi connectivity index (χ0v) is 19.9. The molecule has 0 unspecified atom stereocenters. The van der Waals surface area contributed by atoms with E-state index in [-0.39, 0.29) is 11.1 Å². The number of benzene rings is 3. The first-order chi connectivity index (χ1) is 17.0. The van der Waals surface area contributed by atoms with Crippen LogP contribution in [0.4, 0.5) is 14.9 Å². The van der Waals surface area contributed by atoms with Gasteiger partial charge in [-0.15, -0.1) is 0 Å². The van der Waals surface area contributed by atoms with E-state index in [1.807, 2.05) is 60.8 Å². The highest BCUT2D eigenvalue weighted by Crippen LogP contribution is 2.40. The van der Waals surface area contributed by atoms with Crippen molar-refractivity contribution in [3.8, 4) is 17.2 Å². The Balaban J connectivity index is 1.64. The molecule has 4 aromatic rings. The van der Waals surface area contributed by atoms with Crippen molar-refractivity contribution >= 4 is 23.3 Å². The van der Waals surface area contributed by atoms with Gasteiger partial charge in [0.05, 0.1) is 37.5 Å². The van der Waals surface area contributed by atoms with Crippen molar-refractivity contribution in [2.45, 2.75) is 12.6 Å². The number of amides is 2. The maximum absolute atomic E-state index is 13.7. The minimum absolute atomic E-state index is 0.0608. The number of ether oxygens (including phenoxy) is 2. The van der Waals surface area contributed by atoms with Crippen molar-refractivity contribution in [3.05, 3.63) is 107 Å². The number of halogens is 2. The van der Waals surface area contributed by atoms with Gasteiger partial charge >= 0.3 is 6.03 Å². The van der Waals surface area contributed by atoms with Crippen LogP contribution in [0.1, 0.15) is 22.9 Å². The fourth-order valence-corrected chi connectivity index (χ4v) is 4.66. The second kappa shape index (κ2) is 9.35. The Bertz CT molecular complexity index is 1400. The first-order valence-electron chi connectivity index (χ1n) is 11.0. The topological polar surface area (TPSA) is 55.7 Å². The summed E-state index contributed by atoms with van der Waals surface area (Å²) in [6.07, 6.45) is 1.99. The van der Waals surface area contributed by atoms with E-state index in [2.05, 4.69) is 9.88 Å². The zero-order chi connectivity index (χ0) is 24.5. The summed E-state index contributed by atoms with van der Waals surface area (Å²) < 4.78 is 26.7. The summed E-state index contributed by atoms with van der Waals surface area (Å²) in [5.41, 5.74) is 4.15. The Hall–Kier alpha value is -3.97. The molecule has 35 heavy (non-hydrogen) atoms. The third-order valence-electron chi connectivity index (χ3n) is 6.12. The standard InChI is InChI=1S/C27H23ClFN3O3/c1-34-24-12-9-17(14-25(24)35-2)26-23-8-5-13-31(23)22-7-4-3-6-18(22)16-32(26)27(33)30-19-10-11-21(29)20(28)15-19/h3-15,26H,16H2,1-2H3,(H,30,33)/t26-/m0/s1. The number of rotatable bonds is 4. The van der Waals surface area contributed by atoms with Gasteiger partial charge in [-0.2, -0.15) is 0 Å². The van der Waals surface area contributed by atoms with Crippen LogP contribution in [0.3, 0.4) is 0 Å². The van der Waals surface area contributed by atoms with E-state index in [9.17, 15) is 9.18 Å². The number of carbonyl (C=O) groups excluding carboxylic acids is 1. The van der Waals surface area contributed by atoms with E-state index in [1.54, 1.807) is 19.1 Å². The number of nitrogens with one attached hydrogen (secondary N) is 1. The third kappa shape index (κ3) is 4.19. The molecule has 0 spiro atoms. The summed E-state index contributed by atoms with van der Waals surface area (Å²) in [6, 6.07) is 20.9. The van der Waals surface area contributed by atoms with Gasteiger partial charge in [0.25, 0.3) is 0 Å². The van der Waals surface area contributed by atoms with Crippen LogP contribution in [0.5, 0.6) is 11.5 Å². The van der Waals surface area contributed by atoms with E-state index in [4.69, 9.17) is 21.1 Å².